The van der Waals surface area contributed by atoms with Crippen molar-refractivity contribution in [1.29, 1.82) is 0 Å². The third kappa shape index (κ3) is 4.81. The summed E-state index contributed by atoms with van der Waals surface area (Å²) in [7, 11) is 0. The molecule has 0 spiro atoms. The third-order valence-electron chi connectivity index (χ3n) is 3.48. The van der Waals surface area contributed by atoms with Gasteiger partial charge in [-0.3, -0.25) is 9.59 Å². The van der Waals surface area contributed by atoms with E-state index >= 15 is 0 Å². The van der Waals surface area contributed by atoms with E-state index in [1.54, 1.807) is 36.4 Å². The monoisotopic (exact) mass is 348 g/mol. The van der Waals surface area contributed by atoms with Crippen molar-refractivity contribution in [3.8, 4) is 5.75 Å². The smallest absolute Gasteiger partial charge is 0.321 e. The van der Waals surface area contributed by atoms with Crippen LogP contribution in [0.15, 0.2) is 89.8 Å². The predicted octanol–water partition coefficient (Wildman–Crippen LogP) is 4.62. The Kier molecular flexibility index (Phi) is 5.65. The maximum atomic E-state index is 12.3. The molecule has 0 saturated carbocycles. The van der Waals surface area contributed by atoms with Crippen molar-refractivity contribution in [2.24, 2.45) is 0 Å². The minimum atomic E-state index is -0.323. The SMILES string of the molecule is O=C(CSc1ccccc1)Oc1ccc(C(=O)c2ccccc2)cc1. The Bertz CT molecular complexity index is 843. The standard InChI is InChI=1S/C21H16O3S/c22-20(15-25-19-9-5-2-6-10-19)24-18-13-11-17(12-14-18)21(23)16-7-3-1-4-8-16/h1-14H,15H2. The second-order valence-corrected chi connectivity index (χ2v) is 6.34. The van der Waals surface area contributed by atoms with Crippen LogP contribution in [0.3, 0.4) is 0 Å². The summed E-state index contributed by atoms with van der Waals surface area (Å²) in [6.45, 7) is 0. The lowest BCUT2D eigenvalue weighted by Crippen LogP contribution is -2.10. The molecule has 0 radical (unpaired) electrons. The summed E-state index contributed by atoms with van der Waals surface area (Å²) in [4.78, 5) is 25.3. The van der Waals surface area contributed by atoms with E-state index in [9.17, 15) is 9.59 Å². The van der Waals surface area contributed by atoms with Crippen molar-refractivity contribution in [2.45, 2.75) is 4.90 Å². The quantitative estimate of drug-likeness (QED) is 0.282. The molecule has 0 N–H and O–H groups in total. The van der Waals surface area contributed by atoms with Gasteiger partial charge in [0.15, 0.2) is 5.78 Å². The highest BCUT2D eigenvalue weighted by atomic mass is 32.2. The van der Waals surface area contributed by atoms with Crippen LogP contribution in [0.1, 0.15) is 15.9 Å². The van der Waals surface area contributed by atoms with Crippen LogP contribution in [-0.4, -0.2) is 17.5 Å². The van der Waals surface area contributed by atoms with Gasteiger partial charge in [0.25, 0.3) is 0 Å². The molecule has 0 fully saturated rings. The first-order chi connectivity index (χ1) is 12.2. The number of thioether (sulfide) groups is 1. The summed E-state index contributed by atoms with van der Waals surface area (Å²) in [5.74, 6) is 0.284. The predicted molar refractivity (Wildman–Crippen MR) is 99.1 cm³/mol. The molecular weight excluding hydrogens is 332 g/mol. The largest absolute Gasteiger partial charge is 0.426 e. The first kappa shape index (κ1) is 17.0. The molecule has 0 aliphatic heterocycles. The van der Waals surface area contributed by atoms with E-state index in [0.29, 0.717) is 16.9 Å². The number of ether oxygens (including phenoxy) is 1. The fraction of sp³-hybridized carbons (Fsp3) is 0.0476. The first-order valence-corrected chi connectivity index (χ1v) is 8.79. The number of ketones is 1. The molecule has 3 nitrogen and oxygen atoms in total. The summed E-state index contributed by atoms with van der Waals surface area (Å²) in [6.07, 6.45) is 0. The molecule has 0 bridgehead atoms. The fourth-order valence-corrected chi connectivity index (χ4v) is 2.94. The van der Waals surface area contributed by atoms with Gasteiger partial charge in [-0.1, -0.05) is 48.5 Å². The Morgan fingerprint density at radius 1 is 0.720 bits per heavy atom. The lowest BCUT2D eigenvalue weighted by atomic mass is 10.0. The zero-order valence-corrected chi connectivity index (χ0v) is 14.2. The highest BCUT2D eigenvalue weighted by Gasteiger charge is 2.10. The Morgan fingerprint density at radius 2 is 1.28 bits per heavy atom. The molecule has 0 aliphatic carbocycles. The van der Waals surface area contributed by atoms with Gasteiger partial charge in [-0.2, -0.15) is 0 Å². The van der Waals surface area contributed by atoms with E-state index in [1.165, 1.54) is 11.8 Å². The molecule has 3 aromatic rings. The van der Waals surface area contributed by atoms with Gasteiger partial charge < -0.3 is 4.74 Å². The number of carbonyl (C=O) groups excluding carboxylic acids is 2. The van der Waals surface area contributed by atoms with Crippen LogP contribution >= 0.6 is 11.8 Å². The fourth-order valence-electron chi connectivity index (χ4n) is 2.25. The molecule has 3 aromatic carbocycles. The van der Waals surface area contributed by atoms with Crippen LogP contribution in [0, 0.1) is 0 Å². The molecule has 0 atom stereocenters. The number of hydrogen-bond acceptors (Lipinski definition) is 4. The molecule has 25 heavy (non-hydrogen) atoms. The zero-order chi connectivity index (χ0) is 17.5. The topological polar surface area (TPSA) is 43.4 Å². The van der Waals surface area contributed by atoms with E-state index in [4.69, 9.17) is 4.74 Å². The van der Waals surface area contributed by atoms with Gasteiger partial charge >= 0.3 is 5.97 Å². The van der Waals surface area contributed by atoms with Gasteiger partial charge in [-0.05, 0) is 36.4 Å². The van der Waals surface area contributed by atoms with Crippen molar-refractivity contribution in [1.82, 2.24) is 0 Å². The minimum Gasteiger partial charge on any atom is -0.426 e. The molecule has 0 unspecified atom stereocenters. The van der Waals surface area contributed by atoms with E-state index in [2.05, 4.69) is 0 Å². The summed E-state index contributed by atoms with van der Waals surface area (Å²) < 4.78 is 5.31. The molecular formula is C21H16O3S. The zero-order valence-electron chi connectivity index (χ0n) is 13.4. The van der Waals surface area contributed by atoms with Crippen molar-refractivity contribution in [3.05, 3.63) is 96.1 Å². The van der Waals surface area contributed by atoms with Crippen LogP contribution < -0.4 is 4.74 Å². The molecule has 0 saturated heterocycles. The normalized spacial score (nSPS) is 10.2. The third-order valence-corrected chi connectivity index (χ3v) is 4.47. The maximum Gasteiger partial charge on any atom is 0.321 e. The molecule has 0 aromatic heterocycles. The Labute approximate surface area is 150 Å². The highest BCUT2D eigenvalue weighted by molar-refractivity contribution is 8.00. The molecule has 124 valence electrons. The van der Waals surface area contributed by atoms with E-state index in [-0.39, 0.29) is 17.5 Å². The molecule has 0 aliphatic rings. The molecule has 3 rings (SSSR count). The van der Waals surface area contributed by atoms with Gasteiger partial charge in [-0.15, -0.1) is 11.8 Å². The van der Waals surface area contributed by atoms with Crippen LogP contribution in [-0.2, 0) is 4.79 Å². The maximum absolute atomic E-state index is 12.3. The van der Waals surface area contributed by atoms with E-state index in [0.717, 1.165) is 4.90 Å². The average molecular weight is 348 g/mol. The van der Waals surface area contributed by atoms with Gasteiger partial charge in [0.2, 0.25) is 0 Å². The van der Waals surface area contributed by atoms with Gasteiger partial charge in [0.1, 0.15) is 5.75 Å². The molecule has 0 amide bonds. The Morgan fingerprint density at radius 3 is 1.92 bits per heavy atom. The van der Waals surface area contributed by atoms with E-state index < -0.39 is 0 Å². The summed E-state index contributed by atoms with van der Waals surface area (Å²) in [5, 5.41) is 0. The Hall–Kier alpha value is -2.85. The van der Waals surface area contributed by atoms with E-state index in [1.807, 2.05) is 48.5 Å². The second-order valence-electron chi connectivity index (χ2n) is 5.30. The van der Waals surface area contributed by atoms with Crippen LogP contribution in [0.5, 0.6) is 5.75 Å². The minimum absolute atomic E-state index is 0.0573. The lowest BCUT2D eigenvalue weighted by Gasteiger charge is -2.06. The van der Waals surface area contributed by atoms with Crippen LogP contribution in [0.25, 0.3) is 0 Å². The van der Waals surface area contributed by atoms with Gasteiger partial charge in [0.05, 0.1) is 5.75 Å². The second kappa shape index (κ2) is 8.31. The molecule has 0 heterocycles. The summed E-state index contributed by atoms with van der Waals surface area (Å²) >= 11 is 1.42. The number of carbonyl (C=O) groups is 2. The first-order valence-electron chi connectivity index (χ1n) is 7.81. The van der Waals surface area contributed by atoms with Crippen molar-refractivity contribution < 1.29 is 14.3 Å². The highest BCUT2D eigenvalue weighted by Crippen LogP contribution is 2.19. The van der Waals surface area contributed by atoms with Crippen LogP contribution in [0.4, 0.5) is 0 Å². The lowest BCUT2D eigenvalue weighted by molar-refractivity contribution is -0.131. The summed E-state index contributed by atoms with van der Waals surface area (Å²) in [6, 6.07) is 25.4. The van der Waals surface area contributed by atoms with Crippen molar-refractivity contribution >= 4 is 23.5 Å². The van der Waals surface area contributed by atoms with Crippen molar-refractivity contribution in [3.63, 3.8) is 0 Å². The number of benzene rings is 3. The van der Waals surface area contributed by atoms with Gasteiger partial charge in [-0.25, -0.2) is 0 Å². The average Bonchev–Trinajstić information content (AvgIpc) is 2.68. The summed E-state index contributed by atoms with van der Waals surface area (Å²) in [5.41, 5.74) is 1.19. The van der Waals surface area contributed by atoms with Gasteiger partial charge in [0, 0.05) is 16.0 Å². The van der Waals surface area contributed by atoms with Crippen LogP contribution in [0.2, 0.25) is 0 Å². The Balaban J connectivity index is 1.57. The number of hydrogen-bond donors (Lipinski definition) is 0. The number of rotatable bonds is 6. The number of esters is 1. The van der Waals surface area contributed by atoms with Crippen molar-refractivity contribution in [2.75, 3.05) is 5.75 Å². The molecule has 4 heteroatoms.